The van der Waals surface area contributed by atoms with Crippen LogP contribution in [-0.2, 0) is 9.47 Å². The second-order valence-electron chi connectivity index (χ2n) is 3.85. The Balaban J connectivity index is 2.01. The van der Waals surface area contributed by atoms with E-state index in [-0.39, 0.29) is 0 Å². The first-order valence-corrected chi connectivity index (χ1v) is 5.78. The second-order valence-corrected chi connectivity index (χ2v) is 3.85. The van der Waals surface area contributed by atoms with Gasteiger partial charge in [0.05, 0.1) is 20.2 Å². The molecule has 0 aromatic carbocycles. The molecule has 0 radical (unpaired) electrons. The van der Waals surface area contributed by atoms with E-state index < -0.39 is 0 Å². The van der Waals surface area contributed by atoms with E-state index in [0.29, 0.717) is 55.2 Å². The molecular weight excluding hydrogens is 234 g/mol. The number of ether oxygens (including phenoxy) is 3. The highest BCUT2D eigenvalue weighted by Crippen LogP contribution is 2.18. The summed E-state index contributed by atoms with van der Waals surface area (Å²) in [6.07, 6.45) is 0. The molecule has 18 heavy (non-hydrogen) atoms. The van der Waals surface area contributed by atoms with Gasteiger partial charge in [-0.2, -0.15) is 0 Å². The Morgan fingerprint density at radius 1 is 1.00 bits per heavy atom. The van der Waals surface area contributed by atoms with E-state index in [9.17, 15) is 0 Å². The molecule has 2 aliphatic heterocycles. The van der Waals surface area contributed by atoms with Crippen LogP contribution in [0.2, 0.25) is 0 Å². The third kappa shape index (κ3) is 2.01. The monoisotopic (exact) mass is 247 g/mol. The SMILES string of the molecule is COc1cc(C2=NCCO2)nc(C2=NCCO2)c1. The second kappa shape index (κ2) is 4.64. The van der Waals surface area contributed by atoms with E-state index >= 15 is 0 Å². The molecule has 0 unspecified atom stereocenters. The molecule has 2 aliphatic rings. The maximum atomic E-state index is 5.41. The molecule has 0 saturated carbocycles. The fraction of sp³-hybridized carbons (Fsp3) is 0.417. The summed E-state index contributed by atoms with van der Waals surface area (Å²) in [5.41, 5.74) is 1.31. The number of hydrogen-bond acceptors (Lipinski definition) is 6. The lowest BCUT2D eigenvalue weighted by atomic mass is 10.2. The highest BCUT2D eigenvalue weighted by atomic mass is 16.5. The third-order valence-corrected chi connectivity index (χ3v) is 2.64. The number of aromatic nitrogens is 1. The minimum Gasteiger partial charge on any atom is -0.497 e. The van der Waals surface area contributed by atoms with Crippen molar-refractivity contribution in [3.63, 3.8) is 0 Å². The summed E-state index contributed by atoms with van der Waals surface area (Å²) in [4.78, 5) is 12.9. The predicted octanol–water partition coefficient (Wildman–Crippen LogP) is 0.644. The van der Waals surface area contributed by atoms with Crippen molar-refractivity contribution in [2.24, 2.45) is 9.98 Å². The predicted molar refractivity (Wildman–Crippen MR) is 65.5 cm³/mol. The van der Waals surface area contributed by atoms with Crippen molar-refractivity contribution >= 4 is 11.8 Å². The van der Waals surface area contributed by atoms with Gasteiger partial charge in [0, 0.05) is 12.1 Å². The van der Waals surface area contributed by atoms with E-state index in [1.54, 1.807) is 19.2 Å². The Hall–Kier alpha value is -2.11. The normalized spacial score (nSPS) is 17.8. The van der Waals surface area contributed by atoms with Gasteiger partial charge in [-0.05, 0) is 0 Å². The molecule has 0 spiro atoms. The fourth-order valence-electron chi connectivity index (χ4n) is 1.82. The molecule has 3 heterocycles. The van der Waals surface area contributed by atoms with Crippen LogP contribution in [0.15, 0.2) is 22.1 Å². The molecule has 3 rings (SSSR count). The highest BCUT2D eigenvalue weighted by molar-refractivity contribution is 5.97. The van der Waals surface area contributed by atoms with E-state index in [2.05, 4.69) is 15.0 Å². The first-order valence-electron chi connectivity index (χ1n) is 5.78. The Morgan fingerprint density at radius 3 is 1.94 bits per heavy atom. The van der Waals surface area contributed by atoms with Crippen LogP contribution >= 0.6 is 0 Å². The average molecular weight is 247 g/mol. The van der Waals surface area contributed by atoms with Gasteiger partial charge in [-0.15, -0.1) is 0 Å². The van der Waals surface area contributed by atoms with Crippen LogP contribution in [0.25, 0.3) is 0 Å². The maximum absolute atomic E-state index is 5.41. The van der Waals surface area contributed by atoms with Crippen LogP contribution < -0.4 is 4.74 Å². The first kappa shape index (κ1) is 11.0. The zero-order valence-corrected chi connectivity index (χ0v) is 10.0. The molecule has 0 fully saturated rings. The van der Waals surface area contributed by atoms with Crippen molar-refractivity contribution in [2.75, 3.05) is 33.4 Å². The van der Waals surface area contributed by atoms with Crippen LogP contribution in [0.4, 0.5) is 0 Å². The van der Waals surface area contributed by atoms with Gasteiger partial charge in [-0.25, -0.2) is 15.0 Å². The van der Waals surface area contributed by atoms with Gasteiger partial charge >= 0.3 is 0 Å². The lowest BCUT2D eigenvalue weighted by Crippen LogP contribution is -2.11. The van der Waals surface area contributed by atoms with Crippen molar-refractivity contribution in [3.8, 4) is 5.75 Å². The van der Waals surface area contributed by atoms with Crippen molar-refractivity contribution in [3.05, 3.63) is 23.5 Å². The summed E-state index contributed by atoms with van der Waals surface area (Å²) < 4.78 is 16.1. The molecule has 0 N–H and O–H groups in total. The minimum absolute atomic E-state index is 0.550. The maximum Gasteiger partial charge on any atom is 0.235 e. The topological polar surface area (TPSA) is 65.3 Å². The van der Waals surface area contributed by atoms with Gasteiger partial charge in [-0.3, -0.25) is 0 Å². The van der Waals surface area contributed by atoms with Crippen LogP contribution in [0, 0.1) is 0 Å². The minimum atomic E-state index is 0.550. The van der Waals surface area contributed by atoms with Crippen LogP contribution in [0.1, 0.15) is 11.4 Å². The number of nitrogens with zero attached hydrogens (tertiary/aromatic N) is 3. The largest absolute Gasteiger partial charge is 0.497 e. The molecule has 94 valence electrons. The van der Waals surface area contributed by atoms with Gasteiger partial charge in [0.1, 0.15) is 30.4 Å². The lowest BCUT2D eigenvalue weighted by molar-refractivity contribution is 0.344. The molecule has 6 nitrogen and oxygen atoms in total. The quantitative estimate of drug-likeness (QED) is 0.786. The van der Waals surface area contributed by atoms with Gasteiger partial charge < -0.3 is 14.2 Å². The first-order chi connectivity index (χ1) is 8.86. The fourth-order valence-corrected chi connectivity index (χ4v) is 1.82. The highest BCUT2D eigenvalue weighted by Gasteiger charge is 2.18. The van der Waals surface area contributed by atoms with Crippen molar-refractivity contribution in [2.45, 2.75) is 0 Å². The Kier molecular flexibility index (Phi) is 2.84. The molecule has 1 aromatic heterocycles. The number of hydrogen-bond donors (Lipinski definition) is 0. The Bertz CT molecular complexity index is 483. The average Bonchev–Trinajstić information content (AvgIpc) is 3.10. The third-order valence-electron chi connectivity index (χ3n) is 2.64. The summed E-state index contributed by atoms with van der Waals surface area (Å²) in [5, 5.41) is 0. The summed E-state index contributed by atoms with van der Waals surface area (Å²) in [5.74, 6) is 1.79. The van der Waals surface area contributed by atoms with Gasteiger partial charge in [-0.1, -0.05) is 0 Å². The van der Waals surface area contributed by atoms with Gasteiger partial charge in [0.2, 0.25) is 11.8 Å². The lowest BCUT2D eigenvalue weighted by Gasteiger charge is -2.08. The number of rotatable bonds is 3. The van der Waals surface area contributed by atoms with Gasteiger partial charge in [0.25, 0.3) is 0 Å². The zero-order valence-electron chi connectivity index (χ0n) is 10.0. The van der Waals surface area contributed by atoms with E-state index in [4.69, 9.17) is 14.2 Å². The number of methoxy groups -OCH3 is 1. The standard InChI is InChI=1S/C12H13N3O3/c1-16-8-6-9(11-13-2-4-17-11)15-10(7-8)12-14-3-5-18-12/h6-7H,2-5H2,1H3. The van der Waals surface area contributed by atoms with Crippen LogP contribution in [-0.4, -0.2) is 50.2 Å². The molecule has 1 aromatic rings. The summed E-state index contributed by atoms with van der Waals surface area (Å²) in [7, 11) is 1.61. The Labute approximate surface area is 104 Å². The number of aliphatic imine (C=N–C) groups is 2. The molecule has 0 amide bonds. The summed E-state index contributed by atoms with van der Waals surface area (Å²) in [6.45, 7) is 2.53. The molecular formula is C12H13N3O3. The zero-order chi connectivity index (χ0) is 12.4. The Morgan fingerprint density at radius 2 is 1.56 bits per heavy atom. The van der Waals surface area contributed by atoms with Crippen molar-refractivity contribution < 1.29 is 14.2 Å². The van der Waals surface area contributed by atoms with Crippen molar-refractivity contribution in [1.29, 1.82) is 0 Å². The van der Waals surface area contributed by atoms with Crippen molar-refractivity contribution in [1.82, 2.24) is 4.98 Å². The van der Waals surface area contributed by atoms with Crippen LogP contribution in [0.5, 0.6) is 5.75 Å². The van der Waals surface area contributed by atoms with Gasteiger partial charge in [0.15, 0.2) is 0 Å². The molecule has 0 bridgehead atoms. The smallest absolute Gasteiger partial charge is 0.235 e. The van der Waals surface area contributed by atoms with Crippen LogP contribution in [0.3, 0.4) is 0 Å². The summed E-state index contributed by atoms with van der Waals surface area (Å²) >= 11 is 0. The molecule has 0 saturated heterocycles. The summed E-state index contributed by atoms with van der Waals surface area (Å²) in [6, 6.07) is 3.59. The molecule has 0 aliphatic carbocycles. The van der Waals surface area contributed by atoms with E-state index in [0.717, 1.165) is 0 Å². The molecule has 0 atom stereocenters. The van der Waals surface area contributed by atoms with E-state index in [1.807, 2.05) is 0 Å². The molecule has 6 heteroatoms. The van der Waals surface area contributed by atoms with E-state index in [1.165, 1.54) is 0 Å². The number of pyridine rings is 1.